The lowest BCUT2D eigenvalue weighted by molar-refractivity contribution is -0.137. The highest BCUT2D eigenvalue weighted by Crippen LogP contribution is 2.43. The molecular weight excluding hydrogens is 585 g/mol. The van der Waals surface area contributed by atoms with Gasteiger partial charge in [0.2, 0.25) is 0 Å². The Bertz CT molecular complexity index is 1500. The van der Waals surface area contributed by atoms with E-state index in [2.05, 4.69) is 60.3 Å². The standard InChI is InChI=1S/C29H34ClF3N6O2Si/c1-18-22(16-37-39(18)25-23(30)13-19(14-36-25)29(31,32)33)26(40)38-20-7-8-24(35-15-20)28(17-34)11-9-21(10-12-28)41-42(5,6)27(2,3)4/h7-8,13-16,21H,9-12H2,1-6H3,(H,38,40). The second kappa shape index (κ2) is 11.4. The molecule has 1 aliphatic rings. The van der Waals surface area contributed by atoms with Crippen LogP contribution in [0.3, 0.4) is 0 Å². The minimum absolute atomic E-state index is 0.0292. The highest BCUT2D eigenvalue weighted by atomic mass is 35.5. The quantitative estimate of drug-likeness (QED) is 0.285. The number of pyridine rings is 2. The fourth-order valence-electron chi connectivity index (χ4n) is 4.76. The van der Waals surface area contributed by atoms with Gasteiger partial charge in [0.25, 0.3) is 5.91 Å². The molecule has 3 aromatic rings. The summed E-state index contributed by atoms with van der Waals surface area (Å²) in [5, 5.41) is 16.9. The summed E-state index contributed by atoms with van der Waals surface area (Å²) < 4.78 is 46.7. The third-order valence-corrected chi connectivity index (χ3v) is 13.2. The Labute approximate surface area is 249 Å². The van der Waals surface area contributed by atoms with Crippen LogP contribution in [-0.2, 0) is 16.0 Å². The van der Waals surface area contributed by atoms with Gasteiger partial charge >= 0.3 is 6.18 Å². The first-order valence-electron chi connectivity index (χ1n) is 13.6. The normalized spacial score (nSPS) is 19.8. The lowest BCUT2D eigenvalue weighted by Gasteiger charge is -2.42. The summed E-state index contributed by atoms with van der Waals surface area (Å²) in [5.74, 6) is -0.520. The van der Waals surface area contributed by atoms with Gasteiger partial charge < -0.3 is 9.74 Å². The van der Waals surface area contributed by atoms with Gasteiger partial charge in [-0.2, -0.15) is 23.5 Å². The number of anilines is 1. The maximum absolute atomic E-state index is 13.0. The van der Waals surface area contributed by atoms with Gasteiger partial charge in [0.15, 0.2) is 14.1 Å². The minimum atomic E-state index is -4.59. The van der Waals surface area contributed by atoms with Crippen LogP contribution in [0.1, 0.15) is 73.8 Å². The Morgan fingerprint density at radius 2 is 1.83 bits per heavy atom. The maximum atomic E-state index is 13.0. The molecule has 0 unspecified atom stereocenters. The van der Waals surface area contributed by atoms with Gasteiger partial charge in [-0.05, 0) is 68.9 Å². The molecular formula is C29H34ClF3N6O2Si. The van der Waals surface area contributed by atoms with E-state index < -0.39 is 31.4 Å². The van der Waals surface area contributed by atoms with Crippen molar-refractivity contribution in [2.45, 2.75) is 89.2 Å². The molecule has 0 aromatic carbocycles. The smallest absolute Gasteiger partial charge is 0.414 e. The summed E-state index contributed by atoms with van der Waals surface area (Å²) in [6, 6.07) is 6.71. The number of amides is 1. The Kier molecular flexibility index (Phi) is 8.61. The highest BCUT2D eigenvalue weighted by Gasteiger charge is 2.43. The number of aromatic nitrogens is 4. The van der Waals surface area contributed by atoms with Gasteiger partial charge in [-0.3, -0.25) is 9.78 Å². The molecule has 8 nitrogen and oxygen atoms in total. The van der Waals surface area contributed by atoms with E-state index in [4.69, 9.17) is 16.0 Å². The van der Waals surface area contributed by atoms with E-state index in [1.165, 1.54) is 17.1 Å². The first-order valence-corrected chi connectivity index (χ1v) is 16.9. The second-order valence-electron chi connectivity index (χ2n) is 12.2. The van der Waals surface area contributed by atoms with Crippen molar-refractivity contribution in [3.05, 3.63) is 64.3 Å². The van der Waals surface area contributed by atoms with Crippen LogP contribution in [0.5, 0.6) is 0 Å². The number of hydrogen-bond donors (Lipinski definition) is 1. The van der Waals surface area contributed by atoms with Crippen molar-refractivity contribution in [3.8, 4) is 11.9 Å². The summed E-state index contributed by atoms with van der Waals surface area (Å²) in [5.41, 5.74) is -0.107. The molecule has 1 aliphatic carbocycles. The average Bonchev–Trinajstić information content (AvgIpc) is 3.29. The molecule has 0 saturated heterocycles. The number of alkyl halides is 3. The van der Waals surface area contributed by atoms with Crippen LogP contribution in [0, 0.1) is 18.3 Å². The van der Waals surface area contributed by atoms with Crippen molar-refractivity contribution in [1.29, 1.82) is 5.26 Å². The molecule has 3 aromatic heterocycles. The lowest BCUT2D eigenvalue weighted by atomic mass is 9.72. The molecule has 0 aliphatic heterocycles. The molecule has 4 rings (SSSR count). The number of halogens is 4. The molecule has 1 amide bonds. The Morgan fingerprint density at radius 3 is 2.36 bits per heavy atom. The zero-order chi connectivity index (χ0) is 31.1. The van der Waals surface area contributed by atoms with Crippen LogP contribution in [0.25, 0.3) is 5.82 Å². The third kappa shape index (κ3) is 6.38. The van der Waals surface area contributed by atoms with Crippen LogP contribution in [-0.4, -0.2) is 40.1 Å². The van der Waals surface area contributed by atoms with Crippen molar-refractivity contribution in [1.82, 2.24) is 19.7 Å². The molecule has 1 fully saturated rings. The molecule has 0 bridgehead atoms. The third-order valence-electron chi connectivity index (χ3n) is 8.38. The van der Waals surface area contributed by atoms with Crippen LogP contribution in [0.2, 0.25) is 23.2 Å². The SMILES string of the molecule is Cc1c(C(=O)Nc2ccc(C3(C#N)CCC(O[Si](C)(C)C(C)(C)C)CC3)nc2)cnn1-c1ncc(C(F)(F)F)cc1Cl. The van der Waals surface area contributed by atoms with Crippen molar-refractivity contribution in [2.24, 2.45) is 0 Å². The fraction of sp³-hybridized carbons (Fsp3) is 0.483. The van der Waals surface area contributed by atoms with Gasteiger partial charge in [-0.15, -0.1) is 0 Å². The predicted octanol–water partition coefficient (Wildman–Crippen LogP) is 7.62. The molecule has 1 N–H and O–H groups in total. The zero-order valence-electron chi connectivity index (χ0n) is 24.4. The number of rotatable bonds is 6. The molecule has 3 heterocycles. The number of carbonyl (C=O) groups excluding carboxylic acids is 1. The van der Waals surface area contributed by atoms with Crippen LogP contribution < -0.4 is 5.32 Å². The number of nitriles is 1. The van der Waals surface area contributed by atoms with E-state index in [1.54, 1.807) is 19.1 Å². The lowest BCUT2D eigenvalue weighted by Crippen LogP contribution is -2.46. The van der Waals surface area contributed by atoms with Crippen molar-refractivity contribution >= 4 is 31.5 Å². The van der Waals surface area contributed by atoms with E-state index in [0.717, 1.165) is 18.9 Å². The number of nitrogens with one attached hydrogen (secondary N) is 1. The van der Waals surface area contributed by atoms with Crippen LogP contribution in [0.4, 0.5) is 18.9 Å². The molecule has 1 saturated carbocycles. The Hall–Kier alpha value is -3.27. The molecule has 13 heteroatoms. The summed E-state index contributed by atoms with van der Waals surface area (Å²) in [6.45, 7) is 12.7. The molecule has 0 radical (unpaired) electrons. The van der Waals surface area contributed by atoms with Gasteiger partial charge in [0, 0.05) is 12.3 Å². The van der Waals surface area contributed by atoms with Crippen molar-refractivity contribution in [3.63, 3.8) is 0 Å². The van der Waals surface area contributed by atoms with Crippen LogP contribution in [0.15, 0.2) is 36.8 Å². The van der Waals surface area contributed by atoms with E-state index in [-0.39, 0.29) is 27.5 Å². The molecule has 42 heavy (non-hydrogen) atoms. The Balaban J connectivity index is 1.44. The zero-order valence-corrected chi connectivity index (χ0v) is 26.2. The number of nitrogens with zero attached hydrogens (tertiary/aromatic N) is 5. The van der Waals surface area contributed by atoms with Gasteiger partial charge in [0.05, 0.1) is 57.1 Å². The van der Waals surface area contributed by atoms with Gasteiger partial charge in [-0.25, -0.2) is 9.67 Å². The second-order valence-corrected chi connectivity index (χ2v) is 17.4. The minimum Gasteiger partial charge on any atom is -0.414 e. The molecule has 224 valence electrons. The molecule has 0 atom stereocenters. The largest absolute Gasteiger partial charge is 0.417 e. The van der Waals surface area contributed by atoms with Gasteiger partial charge in [-0.1, -0.05) is 32.4 Å². The van der Waals surface area contributed by atoms with Crippen molar-refractivity contribution < 1.29 is 22.4 Å². The highest BCUT2D eigenvalue weighted by molar-refractivity contribution is 6.74. The summed E-state index contributed by atoms with van der Waals surface area (Å²) >= 11 is 6.06. The molecule has 0 spiro atoms. The summed E-state index contributed by atoms with van der Waals surface area (Å²) in [4.78, 5) is 21.4. The predicted molar refractivity (Wildman–Crippen MR) is 156 cm³/mol. The fourth-order valence-corrected chi connectivity index (χ4v) is 6.43. The van der Waals surface area contributed by atoms with Crippen molar-refractivity contribution in [2.75, 3.05) is 5.32 Å². The first kappa shape index (κ1) is 31.7. The maximum Gasteiger partial charge on any atom is 0.417 e. The average molecular weight is 619 g/mol. The van der Waals surface area contributed by atoms with Gasteiger partial charge in [0.1, 0.15) is 0 Å². The van der Waals surface area contributed by atoms with E-state index >= 15 is 0 Å². The van der Waals surface area contributed by atoms with E-state index in [1.807, 2.05) is 0 Å². The number of carbonyl (C=O) groups is 1. The Morgan fingerprint density at radius 1 is 1.17 bits per heavy atom. The van der Waals surface area contributed by atoms with E-state index in [9.17, 15) is 23.2 Å². The number of hydrogen-bond acceptors (Lipinski definition) is 6. The van der Waals surface area contributed by atoms with E-state index in [0.29, 0.717) is 36.1 Å². The first-order chi connectivity index (χ1) is 19.5. The monoisotopic (exact) mass is 618 g/mol. The summed E-state index contributed by atoms with van der Waals surface area (Å²) in [6.07, 6.45) is 1.84. The summed E-state index contributed by atoms with van der Waals surface area (Å²) in [7, 11) is -1.91. The van der Waals surface area contributed by atoms with Crippen LogP contribution >= 0.6 is 11.6 Å². The topological polar surface area (TPSA) is 106 Å².